The molecule has 1 aliphatic rings. The van der Waals surface area contributed by atoms with Crippen molar-refractivity contribution in [2.45, 2.75) is 12.3 Å². The van der Waals surface area contributed by atoms with Gasteiger partial charge in [0.25, 0.3) is 5.69 Å². The van der Waals surface area contributed by atoms with Crippen LogP contribution in [0.25, 0.3) is 0 Å². The molecule has 0 unspecified atom stereocenters. The molecule has 0 radical (unpaired) electrons. The number of hydrogen-bond acceptors (Lipinski definition) is 7. The van der Waals surface area contributed by atoms with Crippen LogP contribution in [0.2, 0.25) is 0 Å². The molecule has 1 N–H and O–H groups in total. The summed E-state index contributed by atoms with van der Waals surface area (Å²) in [6.07, 6.45) is 1.18. The highest BCUT2D eigenvalue weighted by atomic mass is 32.2. The summed E-state index contributed by atoms with van der Waals surface area (Å²) < 4.78 is 32.0. The molecule has 0 spiro atoms. The van der Waals surface area contributed by atoms with Gasteiger partial charge in [-0.3, -0.25) is 10.1 Å². The highest BCUT2D eigenvalue weighted by Gasteiger charge is 2.25. The van der Waals surface area contributed by atoms with Crippen molar-refractivity contribution in [3.63, 3.8) is 0 Å². The van der Waals surface area contributed by atoms with Crippen LogP contribution in [0.5, 0.6) is 0 Å². The van der Waals surface area contributed by atoms with E-state index in [0.29, 0.717) is 44.2 Å². The van der Waals surface area contributed by atoms with Crippen LogP contribution in [0.1, 0.15) is 11.1 Å². The monoisotopic (exact) mass is 392 g/mol. The molecule has 1 aromatic carbocycles. The standard InChI is InChI=1S/C17H20N4O5S/c22-21(23)16-5-6-17(19-12-16)18-11-14-3-1-2-4-15(14)13-27(24,25)20-7-9-26-10-8-20/h1-6,12H,7-11,13H2,(H,18,19). The zero-order valence-corrected chi connectivity index (χ0v) is 15.4. The average Bonchev–Trinajstić information content (AvgIpc) is 2.68. The number of hydrogen-bond donors (Lipinski definition) is 1. The van der Waals surface area contributed by atoms with E-state index in [2.05, 4.69) is 10.3 Å². The van der Waals surface area contributed by atoms with Gasteiger partial charge in [0.15, 0.2) is 0 Å². The van der Waals surface area contributed by atoms with Gasteiger partial charge in [0, 0.05) is 25.7 Å². The summed E-state index contributed by atoms with van der Waals surface area (Å²) >= 11 is 0. The molecule has 3 rings (SSSR count). The number of nitrogens with one attached hydrogen (secondary N) is 1. The maximum atomic E-state index is 12.7. The van der Waals surface area contributed by atoms with E-state index in [1.807, 2.05) is 12.1 Å². The first kappa shape index (κ1) is 19.2. The second-order valence-corrected chi connectivity index (χ2v) is 8.02. The number of aromatic nitrogens is 1. The Morgan fingerprint density at radius 3 is 2.48 bits per heavy atom. The first-order valence-electron chi connectivity index (χ1n) is 8.42. The smallest absolute Gasteiger partial charge is 0.287 e. The Hall–Kier alpha value is -2.56. The zero-order chi connectivity index (χ0) is 19.3. The van der Waals surface area contributed by atoms with Crippen molar-refractivity contribution < 1.29 is 18.1 Å². The maximum absolute atomic E-state index is 12.7. The lowest BCUT2D eigenvalue weighted by Gasteiger charge is -2.26. The van der Waals surface area contributed by atoms with E-state index in [0.717, 1.165) is 5.56 Å². The summed E-state index contributed by atoms with van der Waals surface area (Å²) in [5.74, 6) is 0.393. The van der Waals surface area contributed by atoms with Gasteiger partial charge in [0.05, 0.1) is 23.9 Å². The van der Waals surface area contributed by atoms with Crippen LogP contribution < -0.4 is 5.32 Å². The zero-order valence-electron chi connectivity index (χ0n) is 14.6. The number of rotatable bonds is 7. The van der Waals surface area contributed by atoms with Crippen molar-refractivity contribution in [1.82, 2.24) is 9.29 Å². The Kier molecular flexibility index (Phi) is 5.99. The number of sulfonamides is 1. The van der Waals surface area contributed by atoms with Gasteiger partial charge in [-0.1, -0.05) is 24.3 Å². The molecular formula is C17H20N4O5S. The van der Waals surface area contributed by atoms with Crippen molar-refractivity contribution in [2.75, 3.05) is 31.6 Å². The minimum absolute atomic E-state index is 0.0848. The van der Waals surface area contributed by atoms with E-state index in [1.54, 1.807) is 12.1 Å². The number of nitrogens with zero attached hydrogens (tertiary/aromatic N) is 3. The normalized spacial score (nSPS) is 15.4. The van der Waals surface area contributed by atoms with Crippen LogP contribution in [-0.4, -0.2) is 48.9 Å². The fourth-order valence-corrected chi connectivity index (χ4v) is 4.33. The molecule has 9 nitrogen and oxygen atoms in total. The first-order valence-corrected chi connectivity index (χ1v) is 10.0. The highest BCUT2D eigenvalue weighted by molar-refractivity contribution is 7.88. The van der Waals surface area contributed by atoms with Crippen molar-refractivity contribution >= 4 is 21.5 Å². The first-order chi connectivity index (χ1) is 13.0. The summed E-state index contributed by atoms with van der Waals surface area (Å²) in [6.45, 7) is 1.92. The van der Waals surface area contributed by atoms with Gasteiger partial charge in [-0.05, 0) is 17.2 Å². The van der Waals surface area contributed by atoms with Gasteiger partial charge >= 0.3 is 0 Å². The molecule has 1 aromatic heterocycles. The minimum Gasteiger partial charge on any atom is -0.379 e. The molecule has 0 aliphatic carbocycles. The third-order valence-corrected chi connectivity index (χ3v) is 6.07. The van der Waals surface area contributed by atoms with Crippen LogP contribution in [0, 0.1) is 10.1 Å². The van der Waals surface area contributed by atoms with Gasteiger partial charge in [-0.25, -0.2) is 13.4 Å². The Morgan fingerprint density at radius 2 is 1.85 bits per heavy atom. The summed E-state index contributed by atoms with van der Waals surface area (Å²) in [5, 5.41) is 13.7. The van der Waals surface area contributed by atoms with Crippen molar-refractivity contribution in [1.29, 1.82) is 0 Å². The largest absolute Gasteiger partial charge is 0.379 e. The van der Waals surface area contributed by atoms with Gasteiger partial charge in [0.1, 0.15) is 12.0 Å². The van der Waals surface area contributed by atoms with Gasteiger partial charge in [-0.2, -0.15) is 4.31 Å². The number of benzene rings is 1. The lowest BCUT2D eigenvalue weighted by atomic mass is 10.1. The molecule has 1 fully saturated rings. The number of pyridine rings is 1. The molecule has 0 atom stereocenters. The van der Waals surface area contributed by atoms with Crippen LogP contribution in [0.4, 0.5) is 11.5 Å². The molecule has 0 amide bonds. The summed E-state index contributed by atoms with van der Waals surface area (Å²) in [6, 6.07) is 10.2. The average molecular weight is 392 g/mol. The van der Waals surface area contributed by atoms with Crippen LogP contribution in [0.15, 0.2) is 42.6 Å². The predicted molar refractivity (Wildman–Crippen MR) is 99.7 cm³/mol. The molecule has 27 heavy (non-hydrogen) atoms. The molecule has 1 saturated heterocycles. The van der Waals surface area contributed by atoms with Crippen molar-refractivity contribution in [3.8, 4) is 0 Å². The lowest BCUT2D eigenvalue weighted by Crippen LogP contribution is -2.41. The number of nitro groups is 1. The summed E-state index contributed by atoms with van der Waals surface area (Å²) in [5.41, 5.74) is 1.45. The Labute approximate surface area is 157 Å². The fourth-order valence-electron chi connectivity index (χ4n) is 2.77. The molecule has 2 heterocycles. The predicted octanol–water partition coefficient (Wildman–Crippen LogP) is 1.76. The molecule has 1 aliphatic heterocycles. The number of ether oxygens (including phenoxy) is 1. The van der Waals surface area contributed by atoms with Crippen molar-refractivity contribution in [3.05, 3.63) is 63.8 Å². The lowest BCUT2D eigenvalue weighted by molar-refractivity contribution is -0.385. The van der Waals surface area contributed by atoms with Gasteiger partial charge < -0.3 is 10.1 Å². The van der Waals surface area contributed by atoms with E-state index < -0.39 is 14.9 Å². The topological polar surface area (TPSA) is 115 Å². The fraction of sp³-hybridized carbons (Fsp3) is 0.353. The third-order valence-electron chi connectivity index (χ3n) is 4.24. The van der Waals surface area contributed by atoms with Crippen LogP contribution in [-0.2, 0) is 27.1 Å². The number of morpholine rings is 1. The number of anilines is 1. The summed E-state index contributed by atoms with van der Waals surface area (Å²) in [7, 11) is -3.42. The minimum atomic E-state index is -3.42. The molecule has 0 saturated carbocycles. The van der Waals surface area contributed by atoms with Crippen LogP contribution in [0.3, 0.4) is 0 Å². The van der Waals surface area contributed by atoms with Gasteiger partial charge in [-0.15, -0.1) is 0 Å². The second-order valence-electron chi connectivity index (χ2n) is 6.05. The second kappa shape index (κ2) is 8.42. The van der Waals surface area contributed by atoms with Gasteiger partial charge in [0.2, 0.25) is 10.0 Å². The molecule has 0 bridgehead atoms. The third kappa shape index (κ3) is 5.00. The highest BCUT2D eigenvalue weighted by Crippen LogP contribution is 2.18. The maximum Gasteiger partial charge on any atom is 0.287 e. The Balaban J connectivity index is 1.69. The molecule has 10 heteroatoms. The summed E-state index contributed by atoms with van der Waals surface area (Å²) in [4.78, 5) is 14.2. The van der Waals surface area contributed by atoms with E-state index >= 15 is 0 Å². The van der Waals surface area contributed by atoms with E-state index in [4.69, 9.17) is 4.74 Å². The SMILES string of the molecule is O=[N+]([O-])c1ccc(NCc2ccccc2CS(=O)(=O)N2CCOCC2)nc1. The molecule has 144 valence electrons. The Morgan fingerprint density at radius 1 is 1.15 bits per heavy atom. The Bertz CT molecular complexity index is 896. The van der Waals surface area contributed by atoms with E-state index in [9.17, 15) is 18.5 Å². The molecular weight excluding hydrogens is 372 g/mol. The van der Waals surface area contributed by atoms with E-state index in [-0.39, 0.29) is 11.4 Å². The quantitative estimate of drug-likeness (QED) is 0.564. The van der Waals surface area contributed by atoms with Crippen LogP contribution >= 0.6 is 0 Å². The van der Waals surface area contributed by atoms with Crippen molar-refractivity contribution in [2.24, 2.45) is 0 Å². The van der Waals surface area contributed by atoms with E-state index in [1.165, 1.54) is 22.6 Å². The molecule has 2 aromatic rings.